The molecule has 8 nitrogen and oxygen atoms in total. The second kappa shape index (κ2) is 8.82. The van der Waals surface area contributed by atoms with Crippen LogP contribution in [0, 0.1) is 0 Å². The van der Waals surface area contributed by atoms with Crippen molar-refractivity contribution >= 4 is 43.9 Å². The van der Waals surface area contributed by atoms with E-state index in [4.69, 9.17) is 9.47 Å². The molecular formula is C14H21Br2N3O5. The van der Waals surface area contributed by atoms with Gasteiger partial charge in [-0.1, -0.05) is 0 Å². The van der Waals surface area contributed by atoms with Crippen molar-refractivity contribution in [2.45, 2.75) is 45.9 Å². The van der Waals surface area contributed by atoms with Gasteiger partial charge in [0.25, 0.3) is 0 Å². The Labute approximate surface area is 157 Å². The molecule has 1 aromatic rings. The Balaban J connectivity index is 2.85. The van der Waals surface area contributed by atoms with E-state index < -0.39 is 23.7 Å². The SMILES string of the molecule is CCOC(=O)c1c(Br)nn(CC(CO)NC(=O)OC(C)(C)C)c1Br. The van der Waals surface area contributed by atoms with E-state index >= 15 is 0 Å². The van der Waals surface area contributed by atoms with Crippen molar-refractivity contribution in [2.75, 3.05) is 13.2 Å². The summed E-state index contributed by atoms with van der Waals surface area (Å²) >= 11 is 6.49. The smallest absolute Gasteiger partial charge is 0.408 e. The van der Waals surface area contributed by atoms with Gasteiger partial charge in [0, 0.05) is 0 Å². The molecule has 10 heteroatoms. The Morgan fingerprint density at radius 3 is 2.50 bits per heavy atom. The van der Waals surface area contributed by atoms with Crippen LogP contribution in [0.3, 0.4) is 0 Å². The summed E-state index contributed by atoms with van der Waals surface area (Å²) in [6.07, 6.45) is -0.644. The predicted octanol–water partition coefficient (Wildman–Crippen LogP) is 2.47. The number of carbonyl (C=O) groups is 2. The van der Waals surface area contributed by atoms with Gasteiger partial charge in [0.2, 0.25) is 0 Å². The summed E-state index contributed by atoms with van der Waals surface area (Å²) < 4.78 is 12.2. The maximum atomic E-state index is 11.9. The van der Waals surface area contributed by atoms with Gasteiger partial charge >= 0.3 is 12.1 Å². The van der Waals surface area contributed by atoms with Crippen LogP contribution < -0.4 is 5.32 Å². The highest BCUT2D eigenvalue weighted by atomic mass is 79.9. The minimum atomic E-state index is -0.644. The molecule has 0 bridgehead atoms. The first kappa shape index (κ1) is 20.9. The number of hydrogen-bond acceptors (Lipinski definition) is 6. The second-order valence-corrected chi connectivity index (χ2v) is 7.39. The van der Waals surface area contributed by atoms with Gasteiger partial charge < -0.3 is 19.9 Å². The van der Waals surface area contributed by atoms with Crippen LogP contribution in [0.5, 0.6) is 0 Å². The molecule has 0 aromatic carbocycles. The third-order valence-corrected chi connectivity index (χ3v) is 4.02. The molecule has 2 N–H and O–H groups in total. The number of esters is 1. The van der Waals surface area contributed by atoms with E-state index in [2.05, 4.69) is 42.3 Å². The molecule has 0 aliphatic rings. The van der Waals surface area contributed by atoms with E-state index in [1.54, 1.807) is 27.7 Å². The quantitative estimate of drug-likeness (QED) is 0.619. The molecule has 0 saturated carbocycles. The Bertz CT molecular complexity index is 598. The molecule has 0 saturated heterocycles. The van der Waals surface area contributed by atoms with Gasteiger partial charge in [-0.05, 0) is 59.6 Å². The molecule has 0 radical (unpaired) electrons. The van der Waals surface area contributed by atoms with E-state index in [1.165, 1.54) is 4.68 Å². The fourth-order valence-electron chi connectivity index (χ4n) is 1.74. The van der Waals surface area contributed by atoms with Crippen LogP contribution in [0.4, 0.5) is 4.79 Å². The predicted molar refractivity (Wildman–Crippen MR) is 93.8 cm³/mol. The lowest BCUT2D eigenvalue weighted by Crippen LogP contribution is -2.43. The van der Waals surface area contributed by atoms with Crippen LogP contribution in [0.1, 0.15) is 38.1 Å². The average molecular weight is 471 g/mol. The summed E-state index contributed by atoms with van der Waals surface area (Å²) in [6, 6.07) is -0.641. The number of aromatic nitrogens is 2. The van der Waals surface area contributed by atoms with Crippen LogP contribution in [-0.2, 0) is 16.0 Å². The number of amides is 1. The number of rotatable bonds is 6. The molecule has 24 heavy (non-hydrogen) atoms. The van der Waals surface area contributed by atoms with Gasteiger partial charge in [-0.15, -0.1) is 0 Å². The first-order valence-electron chi connectivity index (χ1n) is 7.28. The minimum Gasteiger partial charge on any atom is -0.462 e. The van der Waals surface area contributed by atoms with Crippen LogP contribution in [0.2, 0.25) is 0 Å². The molecule has 0 aliphatic carbocycles. The van der Waals surface area contributed by atoms with Gasteiger partial charge in [-0.25, -0.2) is 9.59 Å². The van der Waals surface area contributed by atoms with Crippen molar-refractivity contribution in [3.05, 3.63) is 14.8 Å². The number of carbonyl (C=O) groups excluding carboxylic acids is 2. The van der Waals surface area contributed by atoms with E-state index in [9.17, 15) is 14.7 Å². The lowest BCUT2D eigenvalue weighted by atomic mass is 10.2. The summed E-state index contributed by atoms with van der Waals surface area (Å²) in [5.41, 5.74) is -0.401. The second-order valence-electron chi connectivity index (χ2n) is 5.88. The number of aliphatic hydroxyl groups excluding tert-OH is 1. The number of hydrogen-bond donors (Lipinski definition) is 2. The van der Waals surface area contributed by atoms with Crippen LogP contribution in [0.15, 0.2) is 9.21 Å². The number of nitrogens with zero attached hydrogens (tertiary/aromatic N) is 2. The molecule has 1 atom stereocenters. The summed E-state index contributed by atoms with van der Waals surface area (Å²) in [7, 11) is 0. The molecule has 0 fully saturated rings. The molecule has 0 aliphatic heterocycles. The van der Waals surface area contributed by atoms with Crippen LogP contribution in [-0.4, -0.2) is 51.8 Å². The lowest BCUT2D eigenvalue weighted by molar-refractivity contribution is 0.0470. The molecule has 1 unspecified atom stereocenters. The fraction of sp³-hybridized carbons (Fsp3) is 0.643. The largest absolute Gasteiger partial charge is 0.462 e. The number of nitrogens with one attached hydrogen (secondary N) is 1. The minimum absolute atomic E-state index is 0.133. The first-order chi connectivity index (χ1) is 11.1. The highest BCUT2D eigenvalue weighted by molar-refractivity contribution is 9.11. The standard InChI is InChI=1S/C14H21Br2N3O5/c1-5-23-12(21)9-10(15)18-19(11(9)16)6-8(7-20)17-13(22)24-14(2,3)4/h8,20H,5-7H2,1-4H3,(H,17,22). The van der Waals surface area contributed by atoms with Crippen molar-refractivity contribution in [2.24, 2.45) is 0 Å². The maximum Gasteiger partial charge on any atom is 0.408 e. The normalized spacial score (nSPS) is 12.6. The van der Waals surface area contributed by atoms with Crippen molar-refractivity contribution in [1.82, 2.24) is 15.1 Å². The molecule has 136 valence electrons. The summed E-state index contributed by atoms with van der Waals surface area (Å²) in [5, 5.41) is 16.2. The lowest BCUT2D eigenvalue weighted by Gasteiger charge is -2.22. The van der Waals surface area contributed by atoms with Crippen LogP contribution >= 0.6 is 31.9 Å². The van der Waals surface area contributed by atoms with Gasteiger partial charge in [0.05, 0.1) is 25.8 Å². The highest BCUT2D eigenvalue weighted by Gasteiger charge is 2.25. The van der Waals surface area contributed by atoms with E-state index in [0.29, 0.717) is 9.21 Å². The number of alkyl carbamates (subject to hydrolysis) is 1. The van der Waals surface area contributed by atoms with Crippen molar-refractivity contribution < 1.29 is 24.2 Å². The van der Waals surface area contributed by atoms with Gasteiger partial charge in [0.1, 0.15) is 20.4 Å². The fourth-order valence-corrected chi connectivity index (χ4v) is 3.12. The summed E-state index contributed by atoms with van der Waals surface area (Å²) in [5.74, 6) is -0.525. The Morgan fingerprint density at radius 1 is 1.38 bits per heavy atom. The molecule has 1 heterocycles. The summed E-state index contributed by atoms with van der Waals surface area (Å²) in [4.78, 5) is 23.7. The maximum absolute atomic E-state index is 11.9. The number of halogens is 2. The molecule has 1 amide bonds. The Morgan fingerprint density at radius 2 is 2.00 bits per heavy atom. The average Bonchev–Trinajstić information content (AvgIpc) is 2.70. The molecular weight excluding hydrogens is 450 g/mol. The van der Waals surface area contributed by atoms with Gasteiger partial charge in [-0.2, -0.15) is 5.10 Å². The summed E-state index contributed by atoms with van der Waals surface area (Å²) in [6.45, 7) is 6.99. The zero-order valence-corrected chi connectivity index (χ0v) is 17.1. The molecule has 1 rings (SSSR count). The van der Waals surface area contributed by atoms with E-state index in [0.717, 1.165) is 0 Å². The zero-order valence-electron chi connectivity index (χ0n) is 13.9. The van der Waals surface area contributed by atoms with Gasteiger partial charge in [-0.3, -0.25) is 4.68 Å². The monoisotopic (exact) mass is 469 g/mol. The first-order valence-corrected chi connectivity index (χ1v) is 8.87. The van der Waals surface area contributed by atoms with Crippen LogP contribution in [0.25, 0.3) is 0 Å². The third-order valence-electron chi connectivity index (χ3n) is 2.66. The van der Waals surface area contributed by atoms with E-state index in [-0.39, 0.29) is 25.3 Å². The van der Waals surface area contributed by atoms with Crippen molar-refractivity contribution in [3.63, 3.8) is 0 Å². The molecule has 1 aromatic heterocycles. The van der Waals surface area contributed by atoms with Gasteiger partial charge in [0.15, 0.2) is 0 Å². The zero-order chi connectivity index (χ0) is 18.5. The Hall–Kier alpha value is -1.13. The highest BCUT2D eigenvalue weighted by Crippen LogP contribution is 2.26. The third kappa shape index (κ3) is 6.06. The van der Waals surface area contributed by atoms with Crippen molar-refractivity contribution in [3.8, 4) is 0 Å². The Kier molecular flexibility index (Phi) is 7.68. The topological polar surface area (TPSA) is 103 Å². The number of ether oxygens (including phenoxy) is 2. The number of aliphatic hydroxyl groups is 1. The molecule has 0 spiro atoms. The van der Waals surface area contributed by atoms with Crippen molar-refractivity contribution in [1.29, 1.82) is 0 Å². The van der Waals surface area contributed by atoms with E-state index in [1.807, 2.05) is 0 Å².